The van der Waals surface area contributed by atoms with Gasteiger partial charge in [0.2, 0.25) is 0 Å². The Morgan fingerprint density at radius 2 is 2.21 bits per heavy atom. The highest BCUT2D eigenvalue weighted by Crippen LogP contribution is 2.34. The lowest BCUT2D eigenvalue weighted by atomic mass is 10.1. The van der Waals surface area contributed by atoms with Crippen LogP contribution in [0, 0.1) is 12.7 Å². The quantitative estimate of drug-likeness (QED) is 0.919. The van der Waals surface area contributed by atoms with Crippen molar-refractivity contribution in [2.24, 2.45) is 0 Å². The number of likely N-dealkylation sites (N-methyl/N-ethyl adjacent to an activating group) is 1. The number of rotatable bonds is 3. The highest BCUT2D eigenvalue weighted by Gasteiger charge is 2.25. The first-order chi connectivity index (χ1) is 9.20. The molecule has 3 nitrogen and oxygen atoms in total. The standard InChI is InChI=1S/C15H16FNO2/c1-9-11-8-10(16)5-6-12(11)19-15(9)14(17-2)13-4-3-7-18-13/h4-6,8,14,17H,3,7H2,1-2H3. The molecule has 1 aliphatic rings. The summed E-state index contributed by atoms with van der Waals surface area (Å²) in [5, 5.41) is 4.01. The van der Waals surface area contributed by atoms with Crippen molar-refractivity contribution in [3.63, 3.8) is 0 Å². The van der Waals surface area contributed by atoms with Gasteiger partial charge in [0.15, 0.2) is 0 Å². The fourth-order valence-electron chi connectivity index (χ4n) is 2.53. The summed E-state index contributed by atoms with van der Waals surface area (Å²) < 4.78 is 24.8. The van der Waals surface area contributed by atoms with Crippen molar-refractivity contribution in [2.75, 3.05) is 13.7 Å². The maximum atomic E-state index is 13.3. The van der Waals surface area contributed by atoms with Crippen molar-refractivity contribution in [1.29, 1.82) is 0 Å². The number of hydrogen-bond donors (Lipinski definition) is 1. The van der Waals surface area contributed by atoms with Crippen LogP contribution in [0.25, 0.3) is 11.0 Å². The van der Waals surface area contributed by atoms with E-state index < -0.39 is 0 Å². The van der Waals surface area contributed by atoms with Crippen LogP contribution >= 0.6 is 0 Å². The Hall–Kier alpha value is -1.81. The van der Waals surface area contributed by atoms with Crippen molar-refractivity contribution in [2.45, 2.75) is 19.4 Å². The minimum atomic E-state index is -0.250. The van der Waals surface area contributed by atoms with Gasteiger partial charge in [0.05, 0.1) is 6.61 Å². The first-order valence-corrected chi connectivity index (χ1v) is 6.39. The van der Waals surface area contributed by atoms with Crippen molar-refractivity contribution < 1.29 is 13.5 Å². The summed E-state index contributed by atoms with van der Waals surface area (Å²) in [7, 11) is 1.86. The molecule has 0 radical (unpaired) electrons. The van der Waals surface area contributed by atoms with Gasteiger partial charge in [-0.15, -0.1) is 0 Å². The van der Waals surface area contributed by atoms with E-state index in [0.717, 1.165) is 28.9 Å². The Kier molecular flexibility index (Phi) is 3.03. The van der Waals surface area contributed by atoms with E-state index >= 15 is 0 Å². The monoisotopic (exact) mass is 261 g/mol. The van der Waals surface area contributed by atoms with E-state index in [4.69, 9.17) is 9.15 Å². The first kappa shape index (κ1) is 12.2. The average Bonchev–Trinajstić information content (AvgIpc) is 3.02. The molecule has 19 heavy (non-hydrogen) atoms. The molecule has 2 heterocycles. The normalized spacial score (nSPS) is 16.5. The number of aryl methyl sites for hydroxylation is 1. The minimum Gasteiger partial charge on any atom is -0.496 e. The number of hydrogen-bond acceptors (Lipinski definition) is 3. The van der Waals surface area contributed by atoms with Crippen molar-refractivity contribution in [1.82, 2.24) is 5.32 Å². The van der Waals surface area contributed by atoms with Crippen LogP contribution < -0.4 is 5.32 Å². The van der Waals surface area contributed by atoms with Gasteiger partial charge in [0.25, 0.3) is 0 Å². The topological polar surface area (TPSA) is 34.4 Å². The zero-order valence-corrected chi connectivity index (χ0v) is 11.0. The zero-order valence-electron chi connectivity index (χ0n) is 11.0. The van der Waals surface area contributed by atoms with E-state index in [-0.39, 0.29) is 11.9 Å². The van der Waals surface area contributed by atoms with E-state index in [0.29, 0.717) is 12.2 Å². The van der Waals surface area contributed by atoms with Gasteiger partial charge in [-0.25, -0.2) is 4.39 Å². The highest BCUT2D eigenvalue weighted by molar-refractivity contribution is 5.82. The van der Waals surface area contributed by atoms with Crippen LogP contribution in [-0.2, 0) is 4.74 Å². The van der Waals surface area contributed by atoms with Crippen LogP contribution in [0.1, 0.15) is 23.8 Å². The molecule has 0 amide bonds. The van der Waals surface area contributed by atoms with Gasteiger partial charge in [-0.1, -0.05) is 0 Å². The summed E-state index contributed by atoms with van der Waals surface area (Å²) in [5.41, 5.74) is 1.65. The predicted molar refractivity (Wildman–Crippen MR) is 71.4 cm³/mol. The zero-order chi connectivity index (χ0) is 13.4. The van der Waals surface area contributed by atoms with E-state index in [9.17, 15) is 4.39 Å². The maximum Gasteiger partial charge on any atom is 0.134 e. The molecular weight excluding hydrogens is 245 g/mol. The number of nitrogens with one attached hydrogen (secondary N) is 1. The van der Waals surface area contributed by atoms with Crippen LogP contribution in [0.3, 0.4) is 0 Å². The predicted octanol–water partition coefficient (Wildman–Crippen LogP) is 3.45. The van der Waals surface area contributed by atoms with Crippen LogP contribution in [0.4, 0.5) is 4.39 Å². The molecule has 0 aliphatic carbocycles. The fraction of sp³-hybridized carbons (Fsp3) is 0.333. The van der Waals surface area contributed by atoms with Gasteiger partial charge in [0, 0.05) is 17.4 Å². The number of ether oxygens (including phenoxy) is 1. The molecule has 2 aromatic rings. The molecular formula is C15H16FNO2. The second-order valence-electron chi connectivity index (χ2n) is 4.70. The smallest absolute Gasteiger partial charge is 0.134 e. The van der Waals surface area contributed by atoms with Gasteiger partial charge in [-0.05, 0) is 38.2 Å². The van der Waals surface area contributed by atoms with Crippen molar-refractivity contribution >= 4 is 11.0 Å². The summed E-state index contributed by atoms with van der Waals surface area (Å²) in [5.74, 6) is 1.42. The Labute approximate surface area is 111 Å². The average molecular weight is 261 g/mol. The Bertz CT molecular complexity index is 645. The van der Waals surface area contributed by atoms with Gasteiger partial charge >= 0.3 is 0 Å². The van der Waals surface area contributed by atoms with Gasteiger partial charge < -0.3 is 14.5 Å². The van der Waals surface area contributed by atoms with Crippen molar-refractivity contribution in [3.05, 3.63) is 47.2 Å². The Balaban J connectivity index is 2.10. The molecule has 0 saturated heterocycles. The van der Waals surface area contributed by atoms with E-state index in [2.05, 4.69) is 11.4 Å². The second-order valence-corrected chi connectivity index (χ2v) is 4.70. The Morgan fingerprint density at radius 1 is 1.37 bits per heavy atom. The SMILES string of the molecule is CNC(C1=CCCO1)c1oc2ccc(F)cc2c1C. The highest BCUT2D eigenvalue weighted by atomic mass is 19.1. The van der Waals surface area contributed by atoms with Crippen LogP contribution in [0.2, 0.25) is 0 Å². The van der Waals surface area contributed by atoms with Crippen molar-refractivity contribution in [3.8, 4) is 0 Å². The molecule has 1 atom stereocenters. The summed E-state index contributed by atoms with van der Waals surface area (Å²) in [6, 6.07) is 4.47. The fourth-order valence-corrected chi connectivity index (χ4v) is 2.53. The molecule has 3 rings (SSSR count). The number of furan rings is 1. The van der Waals surface area contributed by atoms with E-state index in [1.165, 1.54) is 12.1 Å². The lowest BCUT2D eigenvalue weighted by Gasteiger charge is -2.15. The van der Waals surface area contributed by atoms with E-state index in [1.54, 1.807) is 6.07 Å². The van der Waals surface area contributed by atoms with Crippen LogP contribution in [0.5, 0.6) is 0 Å². The summed E-state index contributed by atoms with van der Waals surface area (Å²) in [6.07, 6.45) is 2.98. The summed E-state index contributed by atoms with van der Waals surface area (Å²) in [6.45, 7) is 2.65. The molecule has 0 spiro atoms. The molecule has 4 heteroatoms. The van der Waals surface area contributed by atoms with Gasteiger partial charge in [-0.2, -0.15) is 0 Å². The lowest BCUT2D eigenvalue weighted by Crippen LogP contribution is -2.19. The Morgan fingerprint density at radius 3 is 2.89 bits per heavy atom. The van der Waals surface area contributed by atoms with Crippen LogP contribution in [-0.4, -0.2) is 13.7 Å². The van der Waals surface area contributed by atoms with Gasteiger partial charge in [0.1, 0.15) is 29.0 Å². The number of benzene rings is 1. The molecule has 100 valence electrons. The maximum absolute atomic E-state index is 13.3. The third-order valence-electron chi connectivity index (χ3n) is 3.50. The number of fused-ring (bicyclic) bond motifs is 1. The first-order valence-electron chi connectivity index (χ1n) is 6.39. The summed E-state index contributed by atoms with van der Waals surface area (Å²) in [4.78, 5) is 0. The molecule has 0 bridgehead atoms. The third-order valence-corrected chi connectivity index (χ3v) is 3.50. The number of halogens is 1. The molecule has 1 N–H and O–H groups in total. The molecule has 0 saturated carbocycles. The third kappa shape index (κ3) is 2.02. The molecule has 1 aliphatic heterocycles. The largest absolute Gasteiger partial charge is 0.496 e. The van der Waals surface area contributed by atoms with Crippen LogP contribution in [0.15, 0.2) is 34.5 Å². The molecule has 0 fully saturated rings. The minimum absolute atomic E-state index is 0.113. The molecule has 1 aromatic carbocycles. The van der Waals surface area contributed by atoms with E-state index in [1.807, 2.05) is 14.0 Å². The molecule has 1 unspecified atom stereocenters. The second kappa shape index (κ2) is 4.70. The summed E-state index contributed by atoms with van der Waals surface area (Å²) >= 11 is 0. The molecule has 1 aromatic heterocycles. The lowest BCUT2D eigenvalue weighted by molar-refractivity contribution is 0.211. The van der Waals surface area contributed by atoms with Gasteiger partial charge in [-0.3, -0.25) is 0 Å².